The van der Waals surface area contributed by atoms with Gasteiger partial charge in [0.1, 0.15) is 0 Å². The summed E-state index contributed by atoms with van der Waals surface area (Å²) in [6, 6.07) is 13.2. The monoisotopic (exact) mass is 345 g/mol. The van der Waals surface area contributed by atoms with Crippen molar-refractivity contribution in [2.75, 3.05) is 7.11 Å². The normalized spacial score (nSPS) is 9.88. The first-order valence-electron chi connectivity index (χ1n) is 7.76. The maximum Gasteiger partial charge on any atom is 0.336 e. The first-order chi connectivity index (χ1) is 12.6. The van der Waals surface area contributed by atoms with E-state index in [1.165, 1.54) is 19.2 Å². The molecule has 0 aliphatic carbocycles. The van der Waals surface area contributed by atoms with Crippen LogP contribution in [-0.2, 0) is 0 Å². The molecule has 0 unspecified atom stereocenters. The number of ether oxygens (including phenoxy) is 1. The minimum atomic E-state index is -1.07. The summed E-state index contributed by atoms with van der Waals surface area (Å²) in [6.07, 6.45) is 3.28. The third-order valence-corrected chi connectivity index (χ3v) is 3.78. The van der Waals surface area contributed by atoms with Crippen molar-refractivity contribution in [1.29, 1.82) is 0 Å². The molecule has 26 heavy (non-hydrogen) atoms. The molecular weight excluding hydrogens is 330 g/mol. The lowest BCUT2D eigenvalue weighted by molar-refractivity contribution is 0.0697. The fourth-order valence-corrected chi connectivity index (χ4v) is 2.57. The van der Waals surface area contributed by atoms with E-state index in [0.717, 1.165) is 5.56 Å². The molecule has 0 saturated carbocycles. The largest absolute Gasteiger partial charge is 0.504 e. The molecule has 1 aromatic heterocycles. The van der Waals surface area contributed by atoms with Gasteiger partial charge in [-0.25, -0.2) is 4.79 Å². The number of phenolic OH excluding ortho intramolecular Hbond substituents is 1. The van der Waals surface area contributed by atoms with Crippen molar-refractivity contribution < 1.29 is 19.7 Å². The maximum atomic E-state index is 11.7. The van der Waals surface area contributed by atoms with E-state index >= 15 is 0 Å². The van der Waals surface area contributed by atoms with E-state index in [1.54, 1.807) is 48.8 Å². The summed E-state index contributed by atoms with van der Waals surface area (Å²) in [6.45, 7) is 0. The molecule has 0 bridgehead atoms. The van der Waals surface area contributed by atoms with E-state index in [4.69, 9.17) is 4.74 Å². The number of nitrogens with zero attached hydrogens (tertiary/aromatic N) is 1. The van der Waals surface area contributed by atoms with Crippen molar-refractivity contribution in [1.82, 2.24) is 4.98 Å². The number of aromatic nitrogens is 1. The second-order valence-corrected chi connectivity index (χ2v) is 5.41. The lowest BCUT2D eigenvalue weighted by Crippen LogP contribution is -2.01. The minimum Gasteiger partial charge on any atom is -0.504 e. The van der Waals surface area contributed by atoms with Crippen LogP contribution >= 0.6 is 0 Å². The zero-order valence-electron chi connectivity index (χ0n) is 13.9. The van der Waals surface area contributed by atoms with Crippen molar-refractivity contribution in [2.24, 2.45) is 0 Å². The Morgan fingerprint density at radius 2 is 1.85 bits per heavy atom. The molecule has 3 rings (SSSR count). The summed E-state index contributed by atoms with van der Waals surface area (Å²) in [5.74, 6) is 5.19. The van der Waals surface area contributed by atoms with Crippen molar-refractivity contribution in [2.45, 2.75) is 0 Å². The molecular formula is C21H15NO4. The number of pyridine rings is 1. The highest BCUT2D eigenvalue weighted by Crippen LogP contribution is 2.34. The third kappa shape index (κ3) is 3.50. The second kappa shape index (κ2) is 7.41. The van der Waals surface area contributed by atoms with Gasteiger partial charge < -0.3 is 14.9 Å². The Bertz CT molecular complexity index is 1020. The highest BCUT2D eigenvalue weighted by atomic mass is 16.5. The van der Waals surface area contributed by atoms with Crippen LogP contribution in [-0.4, -0.2) is 28.3 Å². The first-order valence-corrected chi connectivity index (χ1v) is 7.76. The number of hydrogen-bond donors (Lipinski definition) is 2. The molecule has 1 heterocycles. The number of aromatic hydroxyl groups is 1. The van der Waals surface area contributed by atoms with Gasteiger partial charge in [0, 0.05) is 29.1 Å². The lowest BCUT2D eigenvalue weighted by Gasteiger charge is -2.11. The molecule has 0 amide bonds. The van der Waals surface area contributed by atoms with Gasteiger partial charge in [-0.1, -0.05) is 24.0 Å². The summed E-state index contributed by atoms with van der Waals surface area (Å²) < 4.78 is 5.05. The van der Waals surface area contributed by atoms with Crippen LogP contribution in [0.3, 0.4) is 0 Å². The molecule has 3 aromatic rings. The molecule has 0 saturated heterocycles. The van der Waals surface area contributed by atoms with Gasteiger partial charge >= 0.3 is 5.97 Å². The molecule has 128 valence electrons. The fourth-order valence-electron chi connectivity index (χ4n) is 2.57. The molecule has 2 N–H and O–H groups in total. The predicted octanol–water partition coefficient (Wildman–Crippen LogP) is 3.56. The predicted molar refractivity (Wildman–Crippen MR) is 97.3 cm³/mol. The van der Waals surface area contributed by atoms with E-state index in [-0.39, 0.29) is 11.3 Å². The van der Waals surface area contributed by atoms with Crippen molar-refractivity contribution in [3.8, 4) is 34.5 Å². The highest BCUT2D eigenvalue weighted by molar-refractivity contribution is 5.98. The second-order valence-electron chi connectivity index (χ2n) is 5.41. The number of aromatic carboxylic acids is 1. The number of methoxy groups -OCH3 is 1. The average Bonchev–Trinajstić information content (AvgIpc) is 2.66. The van der Waals surface area contributed by atoms with E-state index in [1.807, 2.05) is 0 Å². The number of phenols is 1. The highest BCUT2D eigenvalue weighted by Gasteiger charge is 2.16. The van der Waals surface area contributed by atoms with Crippen molar-refractivity contribution in [3.05, 3.63) is 77.6 Å². The molecule has 5 heteroatoms. The molecule has 0 fully saturated rings. The Hall–Kier alpha value is -3.78. The molecule has 5 nitrogen and oxygen atoms in total. The maximum absolute atomic E-state index is 11.7. The summed E-state index contributed by atoms with van der Waals surface area (Å²) in [4.78, 5) is 15.6. The number of carboxylic acid groups (broad SMARTS) is 1. The van der Waals surface area contributed by atoms with Gasteiger partial charge in [0.05, 0.1) is 12.7 Å². The molecule has 2 aromatic carbocycles. The molecule has 0 aliphatic rings. The first kappa shape index (κ1) is 17.1. The van der Waals surface area contributed by atoms with Gasteiger partial charge in [-0.2, -0.15) is 0 Å². The van der Waals surface area contributed by atoms with Crippen molar-refractivity contribution >= 4 is 5.97 Å². The Morgan fingerprint density at radius 1 is 1.08 bits per heavy atom. The SMILES string of the molecule is COc1ccc(-c2c(C#Cc3ccncc3)cccc2C(=O)O)cc1O. The number of carboxylic acids is 1. The quantitative estimate of drug-likeness (QED) is 0.710. The van der Waals surface area contributed by atoms with E-state index < -0.39 is 5.97 Å². The summed E-state index contributed by atoms with van der Waals surface area (Å²) in [5.41, 5.74) is 2.41. The van der Waals surface area contributed by atoms with Gasteiger partial charge in [0.15, 0.2) is 11.5 Å². The summed E-state index contributed by atoms with van der Waals surface area (Å²) in [5, 5.41) is 19.6. The van der Waals surface area contributed by atoms with E-state index in [0.29, 0.717) is 22.4 Å². The molecule has 0 spiro atoms. The fraction of sp³-hybridized carbons (Fsp3) is 0.0476. The Kier molecular flexibility index (Phi) is 4.86. The van der Waals surface area contributed by atoms with Gasteiger partial charge in [-0.3, -0.25) is 4.98 Å². The summed E-state index contributed by atoms with van der Waals surface area (Å²) >= 11 is 0. The van der Waals surface area contributed by atoms with Gasteiger partial charge in [0.25, 0.3) is 0 Å². The zero-order chi connectivity index (χ0) is 18.5. The Labute approximate surface area is 150 Å². The Balaban J connectivity index is 2.18. The van der Waals surface area contributed by atoms with Crippen LogP contribution in [0.5, 0.6) is 11.5 Å². The third-order valence-electron chi connectivity index (χ3n) is 3.78. The number of carbonyl (C=O) groups is 1. The summed E-state index contributed by atoms with van der Waals surface area (Å²) in [7, 11) is 1.45. The zero-order valence-corrected chi connectivity index (χ0v) is 13.9. The topological polar surface area (TPSA) is 79.7 Å². The number of hydrogen-bond acceptors (Lipinski definition) is 4. The number of benzene rings is 2. The van der Waals surface area contributed by atoms with Crippen LogP contribution in [0.4, 0.5) is 0 Å². The molecule has 0 radical (unpaired) electrons. The van der Waals surface area contributed by atoms with Crippen LogP contribution in [0.25, 0.3) is 11.1 Å². The minimum absolute atomic E-state index is 0.0711. The van der Waals surface area contributed by atoms with Crippen LogP contribution in [0.15, 0.2) is 60.9 Å². The molecule has 0 atom stereocenters. The molecule has 0 aliphatic heterocycles. The smallest absolute Gasteiger partial charge is 0.336 e. The average molecular weight is 345 g/mol. The van der Waals surface area contributed by atoms with Gasteiger partial charge in [-0.15, -0.1) is 0 Å². The van der Waals surface area contributed by atoms with Crippen LogP contribution < -0.4 is 4.74 Å². The number of rotatable bonds is 3. The van der Waals surface area contributed by atoms with Crippen LogP contribution in [0.1, 0.15) is 21.5 Å². The van der Waals surface area contributed by atoms with Crippen LogP contribution in [0, 0.1) is 11.8 Å². The standard InChI is InChI=1S/C21H15NO4/c1-26-19-8-7-16(13-18(19)23)20-15(3-2-4-17(20)21(24)25)6-5-14-9-11-22-12-10-14/h2-4,7-13,23H,1H3,(H,24,25). The van der Waals surface area contributed by atoms with Gasteiger partial charge in [-0.05, 0) is 42.0 Å². The van der Waals surface area contributed by atoms with Crippen LogP contribution in [0.2, 0.25) is 0 Å². The van der Waals surface area contributed by atoms with E-state index in [9.17, 15) is 15.0 Å². The Morgan fingerprint density at radius 3 is 2.50 bits per heavy atom. The van der Waals surface area contributed by atoms with Gasteiger partial charge in [0.2, 0.25) is 0 Å². The lowest BCUT2D eigenvalue weighted by atomic mass is 9.94. The van der Waals surface area contributed by atoms with Crippen molar-refractivity contribution in [3.63, 3.8) is 0 Å². The van der Waals surface area contributed by atoms with E-state index in [2.05, 4.69) is 16.8 Å².